The first-order valence-electron chi connectivity index (χ1n) is 8.92. The van der Waals surface area contributed by atoms with Crippen molar-refractivity contribution in [2.45, 2.75) is 103 Å². The lowest BCUT2D eigenvalue weighted by Gasteiger charge is -2.58. The summed E-state index contributed by atoms with van der Waals surface area (Å²) in [5.74, 6) is 1.44. The predicted molar refractivity (Wildman–Crippen MR) is 93.2 cm³/mol. The van der Waals surface area contributed by atoms with Gasteiger partial charge in [-0.05, 0) is 100.0 Å². The van der Waals surface area contributed by atoms with Crippen LogP contribution in [0.5, 0.6) is 0 Å². The van der Waals surface area contributed by atoms with E-state index in [2.05, 4.69) is 67.3 Å². The van der Waals surface area contributed by atoms with Crippen molar-refractivity contribution in [1.29, 1.82) is 0 Å². The molecule has 0 radical (unpaired) electrons. The molecule has 2 heterocycles. The molecule has 22 heavy (non-hydrogen) atoms. The second kappa shape index (κ2) is 5.19. The van der Waals surface area contributed by atoms with Crippen LogP contribution in [0.15, 0.2) is 0 Å². The van der Waals surface area contributed by atoms with Gasteiger partial charge in [0.25, 0.3) is 0 Å². The average molecular weight is 311 g/mol. The minimum Gasteiger partial charge on any atom is -0.313 e. The van der Waals surface area contributed by atoms with Gasteiger partial charge < -0.3 is 5.21 Å². The van der Waals surface area contributed by atoms with Crippen molar-refractivity contribution in [1.82, 2.24) is 9.96 Å². The lowest BCUT2D eigenvalue weighted by Crippen LogP contribution is -2.63. The fourth-order valence-electron chi connectivity index (χ4n) is 5.46. The molecule has 2 saturated heterocycles. The molecule has 2 fully saturated rings. The van der Waals surface area contributed by atoms with E-state index in [1.807, 2.05) is 0 Å². The van der Waals surface area contributed by atoms with E-state index in [4.69, 9.17) is 0 Å². The molecule has 0 aromatic carbocycles. The van der Waals surface area contributed by atoms with Crippen LogP contribution in [0.25, 0.3) is 0 Å². The highest BCUT2D eigenvalue weighted by atomic mass is 16.5. The molecular weight excluding hydrogens is 272 g/mol. The van der Waals surface area contributed by atoms with Crippen LogP contribution in [0.3, 0.4) is 0 Å². The van der Waals surface area contributed by atoms with Crippen LogP contribution in [0.4, 0.5) is 0 Å². The summed E-state index contributed by atoms with van der Waals surface area (Å²) in [5, 5.41) is 12.2. The van der Waals surface area contributed by atoms with Gasteiger partial charge in [-0.15, -0.1) is 0 Å². The highest BCUT2D eigenvalue weighted by Crippen LogP contribution is 2.50. The fraction of sp³-hybridized carbons (Fsp3) is 1.00. The molecule has 0 atom stereocenters. The van der Waals surface area contributed by atoms with Crippen LogP contribution in [-0.4, -0.2) is 44.4 Å². The molecule has 1 N–H and O–H groups in total. The largest absolute Gasteiger partial charge is 0.313 e. The zero-order valence-corrected chi connectivity index (χ0v) is 16.3. The third kappa shape index (κ3) is 3.09. The van der Waals surface area contributed by atoms with Crippen LogP contribution in [0, 0.1) is 11.8 Å². The van der Waals surface area contributed by atoms with Crippen molar-refractivity contribution >= 4 is 0 Å². The van der Waals surface area contributed by atoms with Crippen molar-refractivity contribution in [3.05, 3.63) is 0 Å². The van der Waals surface area contributed by atoms with Gasteiger partial charge in [0.2, 0.25) is 0 Å². The van der Waals surface area contributed by atoms with Crippen LogP contribution >= 0.6 is 0 Å². The summed E-state index contributed by atoms with van der Waals surface area (Å²) < 4.78 is 0. The number of hydrogen-bond acceptors (Lipinski definition) is 3. The van der Waals surface area contributed by atoms with Gasteiger partial charge in [0.15, 0.2) is 0 Å². The highest BCUT2D eigenvalue weighted by Gasteiger charge is 2.51. The fourth-order valence-corrected chi connectivity index (χ4v) is 5.46. The van der Waals surface area contributed by atoms with Crippen molar-refractivity contribution in [2.75, 3.05) is 7.05 Å². The zero-order chi connectivity index (χ0) is 17.1. The Morgan fingerprint density at radius 1 is 0.636 bits per heavy atom. The Labute approximate surface area is 138 Å². The number of hydrogen-bond donors (Lipinski definition) is 1. The van der Waals surface area contributed by atoms with Crippen LogP contribution in [-0.2, 0) is 0 Å². The molecule has 3 nitrogen and oxygen atoms in total. The standard InChI is InChI=1S/C19H38N2O/c1-16(2)10-14(11-17(3,4)20(16)9)15-12-18(5,6)21(22)19(7,8)13-15/h14-15,22H,10-13H2,1-9H3. The molecule has 0 aliphatic carbocycles. The minimum atomic E-state index is -0.135. The second-order valence-corrected chi connectivity index (χ2v) is 10.5. The first-order valence-corrected chi connectivity index (χ1v) is 8.92. The van der Waals surface area contributed by atoms with Gasteiger partial charge in [0, 0.05) is 22.2 Å². The van der Waals surface area contributed by atoms with E-state index in [0.717, 1.165) is 18.8 Å². The van der Waals surface area contributed by atoms with E-state index < -0.39 is 0 Å². The summed E-state index contributed by atoms with van der Waals surface area (Å²) >= 11 is 0. The number of piperidine rings is 2. The van der Waals surface area contributed by atoms with Gasteiger partial charge in [0.05, 0.1) is 0 Å². The Bertz CT molecular complexity index is 349. The first kappa shape index (κ1) is 18.2. The van der Waals surface area contributed by atoms with Crippen molar-refractivity contribution < 1.29 is 5.21 Å². The summed E-state index contributed by atoms with van der Waals surface area (Å²) in [5.41, 5.74) is 0.224. The van der Waals surface area contributed by atoms with E-state index in [9.17, 15) is 5.21 Å². The van der Waals surface area contributed by atoms with E-state index in [1.54, 1.807) is 5.06 Å². The minimum absolute atomic E-state index is 0.135. The number of likely N-dealkylation sites (tertiary alicyclic amines) is 1. The quantitative estimate of drug-likeness (QED) is 0.770. The van der Waals surface area contributed by atoms with Crippen molar-refractivity contribution in [2.24, 2.45) is 11.8 Å². The molecule has 0 unspecified atom stereocenters. The van der Waals surface area contributed by atoms with E-state index >= 15 is 0 Å². The van der Waals surface area contributed by atoms with E-state index in [-0.39, 0.29) is 22.2 Å². The normalized spacial score (nSPS) is 33.0. The number of nitrogens with zero attached hydrogens (tertiary/aromatic N) is 2. The van der Waals surface area contributed by atoms with E-state index in [1.165, 1.54) is 12.8 Å². The molecule has 0 saturated carbocycles. The smallest absolute Gasteiger partial charge is 0.0413 e. The topological polar surface area (TPSA) is 26.7 Å². The van der Waals surface area contributed by atoms with Gasteiger partial charge in [-0.2, -0.15) is 5.06 Å². The summed E-state index contributed by atoms with van der Waals surface area (Å²) in [6.07, 6.45) is 4.70. The average Bonchev–Trinajstić information content (AvgIpc) is 2.31. The van der Waals surface area contributed by atoms with Crippen molar-refractivity contribution in [3.63, 3.8) is 0 Å². The van der Waals surface area contributed by atoms with Gasteiger partial charge in [-0.25, -0.2) is 0 Å². The maximum atomic E-state index is 10.6. The molecule has 3 heteroatoms. The number of hydroxylamine groups is 2. The Morgan fingerprint density at radius 3 is 1.23 bits per heavy atom. The third-order valence-electron chi connectivity index (χ3n) is 6.68. The highest BCUT2D eigenvalue weighted by molar-refractivity contribution is 5.04. The van der Waals surface area contributed by atoms with E-state index in [0.29, 0.717) is 5.92 Å². The van der Waals surface area contributed by atoms with Gasteiger partial charge in [0.1, 0.15) is 0 Å². The molecule has 0 aromatic heterocycles. The Balaban J connectivity index is 2.25. The summed E-state index contributed by atoms with van der Waals surface area (Å²) in [7, 11) is 2.28. The van der Waals surface area contributed by atoms with Crippen LogP contribution in [0.1, 0.15) is 81.1 Å². The third-order valence-corrected chi connectivity index (χ3v) is 6.68. The zero-order valence-electron chi connectivity index (χ0n) is 16.3. The maximum Gasteiger partial charge on any atom is 0.0413 e. The van der Waals surface area contributed by atoms with Crippen LogP contribution in [0.2, 0.25) is 0 Å². The van der Waals surface area contributed by atoms with Crippen molar-refractivity contribution in [3.8, 4) is 0 Å². The molecule has 0 spiro atoms. The molecule has 0 bridgehead atoms. The molecule has 0 aromatic rings. The van der Waals surface area contributed by atoms with Crippen LogP contribution < -0.4 is 0 Å². The molecular formula is C19H38N2O. The summed E-state index contributed by atoms with van der Waals surface area (Å²) in [6.45, 7) is 18.3. The number of rotatable bonds is 1. The molecule has 0 amide bonds. The van der Waals surface area contributed by atoms with Gasteiger partial charge in [-0.1, -0.05) is 0 Å². The maximum absolute atomic E-state index is 10.6. The summed E-state index contributed by atoms with van der Waals surface area (Å²) in [4.78, 5) is 2.56. The van der Waals surface area contributed by atoms with Gasteiger partial charge in [-0.3, -0.25) is 4.90 Å². The molecule has 2 aliphatic heterocycles. The van der Waals surface area contributed by atoms with Gasteiger partial charge >= 0.3 is 0 Å². The molecule has 130 valence electrons. The monoisotopic (exact) mass is 310 g/mol. The molecule has 2 aliphatic rings. The predicted octanol–water partition coefficient (Wildman–Crippen LogP) is 4.54. The summed E-state index contributed by atoms with van der Waals surface area (Å²) in [6, 6.07) is 0. The second-order valence-electron chi connectivity index (χ2n) is 10.5. The SMILES string of the molecule is CN1C(C)(C)CC(C2CC(C)(C)N(O)C(C)(C)C2)CC1(C)C. The Morgan fingerprint density at radius 2 is 0.909 bits per heavy atom. The Hall–Kier alpha value is -0.120. The lowest BCUT2D eigenvalue weighted by atomic mass is 9.63. The first-order chi connectivity index (χ1) is 9.69. The Kier molecular flexibility index (Phi) is 4.30. The lowest BCUT2D eigenvalue weighted by molar-refractivity contribution is -0.256. The molecule has 2 rings (SSSR count).